The molecule has 17 heavy (non-hydrogen) atoms. The highest BCUT2D eigenvalue weighted by Gasteiger charge is 2.23. The van der Waals surface area contributed by atoms with Crippen molar-refractivity contribution in [1.82, 2.24) is 0 Å². The second-order valence-electron chi connectivity index (χ2n) is 3.23. The van der Waals surface area contributed by atoms with Crippen molar-refractivity contribution in [3.05, 3.63) is 29.3 Å². The summed E-state index contributed by atoms with van der Waals surface area (Å²) in [6, 6.07) is 3.97. The van der Waals surface area contributed by atoms with E-state index in [1.165, 1.54) is 25.1 Å². The van der Waals surface area contributed by atoms with E-state index in [1.54, 1.807) is 0 Å². The lowest BCUT2D eigenvalue weighted by Gasteiger charge is -2.15. The van der Waals surface area contributed by atoms with Crippen molar-refractivity contribution >= 4 is 23.7 Å². The van der Waals surface area contributed by atoms with Crippen LogP contribution in [0.2, 0.25) is 0 Å². The summed E-state index contributed by atoms with van der Waals surface area (Å²) in [6.45, 7) is -1.85. The van der Waals surface area contributed by atoms with Crippen LogP contribution in [-0.4, -0.2) is 18.7 Å². The first-order valence-electron chi connectivity index (χ1n) is 4.64. The molecular formula is C11H9ClF2O3. The second kappa shape index (κ2) is 5.72. The first kappa shape index (κ1) is 13.6. The van der Waals surface area contributed by atoms with E-state index in [4.69, 9.17) is 11.6 Å². The van der Waals surface area contributed by atoms with Crippen molar-refractivity contribution < 1.29 is 23.1 Å². The zero-order chi connectivity index (χ0) is 13.0. The van der Waals surface area contributed by atoms with E-state index in [1.807, 2.05) is 0 Å². The van der Waals surface area contributed by atoms with Gasteiger partial charge >= 0.3 is 6.61 Å². The highest BCUT2D eigenvalue weighted by atomic mass is 35.5. The number of ketones is 1. The molecule has 1 atom stereocenters. The third-order valence-electron chi connectivity index (χ3n) is 2.05. The van der Waals surface area contributed by atoms with Gasteiger partial charge in [0.05, 0.1) is 0 Å². The Bertz CT molecular complexity index is 435. The lowest BCUT2D eigenvalue weighted by atomic mass is 10.0. The Balaban J connectivity index is 3.29. The van der Waals surface area contributed by atoms with Crippen molar-refractivity contribution in [3.63, 3.8) is 0 Å². The number of halogens is 3. The first-order chi connectivity index (χ1) is 7.97. The van der Waals surface area contributed by atoms with Gasteiger partial charge in [-0.2, -0.15) is 8.78 Å². The Morgan fingerprint density at radius 2 is 2.12 bits per heavy atom. The Morgan fingerprint density at radius 3 is 2.59 bits per heavy atom. The summed E-state index contributed by atoms with van der Waals surface area (Å²) < 4.78 is 28.6. The van der Waals surface area contributed by atoms with Crippen LogP contribution >= 0.6 is 11.6 Å². The van der Waals surface area contributed by atoms with Crippen LogP contribution in [0.3, 0.4) is 0 Å². The highest BCUT2D eigenvalue weighted by molar-refractivity contribution is 6.31. The smallest absolute Gasteiger partial charge is 0.387 e. The van der Waals surface area contributed by atoms with Gasteiger partial charge in [-0.1, -0.05) is 12.1 Å². The molecule has 0 aliphatic rings. The molecule has 0 radical (unpaired) electrons. The Labute approximate surface area is 101 Å². The Hall–Kier alpha value is -1.49. The zero-order valence-electron chi connectivity index (χ0n) is 8.82. The maximum absolute atomic E-state index is 12.2. The molecule has 1 unspecified atom stereocenters. The Morgan fingerprint density at radius 1 is 1.47 bits per heavy atom. The number of carbonyl (C=O) groups excluding carboxylic acids is 2. The largest absolute Gasteiger partial charge is 0.434 e. The normalized spacial score (nSPS) is 12.3. The minimum absolute atomic E-state index is 0.0306. The molecule has 1 aromatic carbocycles. The van der Waals surface area contributed by atoms with E-state index < -0.39 is 17.8 Å². The molecule has 1 aromatic rings. The third kappa shape index (κ3) is 3.23. The quantitative estimate of drug-likeness (QED) is 0.605. The Kier molecular flexibility index (Phi) is 4.57. The number of aldehydes is 1. The average molecular weight is 263 g/mol. The first-order valence-corrected chi connectivity index (χ1v) is 5.08. The van der Waals surface area contributed by atoms with Crippen molar-refractivity contribution in [3.8, 4) is 5.75 Å². The van der Waals surface area contributed by atoms with Crippen LogP contribution in [0, 0.1) is 0 Å². The SMILES string of the molecule is CC(=O)C(Cl)c1c(C=O)cccc1OC(F)F. The molecule has 0 saturated carbocycles. The molecule has 1 rings (SSSR count). The number of alkyl halides is 3. The van der Waals surface area contributed by atoms with Gasteiger partial charge in [-0.3, -0.25) is 9.59 Å². The van der Waals surface area contributed by atoms with Crippen LogP contribution in [0.25, 0.3) is 0 Å². The fraction of sp³-hybridized carbons (Fsp3) is 0.273. The van der Waals surface area contributed by atoms with Crippen molar-refractivity contribution in [2.24, 2.45) is 0 Å². The van der Waals surface area contributed by atoms with Gasteiger partial charge in [-0.05, 0) is 13.0 Å². The minimum Gasteiger partial charge on any atom is -0.434 e. The highest BCUT2D eigenvalue weighted by Crippen LogP contribution is 2.33. The molecule has 0 saturated heterocycles. The topological polar surface area (TPSA) is 43.4 Å². The van der Waals surface area contributed by atoms with Crippen LogP contribution in [-0.2, 0) is 4.79 Å². The van der Waals surface area contributed by atoms with Crippen molar-refractivity contribution in [1.29, 1.82) is 0 Å². The number of hydrogen-bond acceptors (Lipinski definition) is 3. The molecule has 0 heterocycles. The van der Waals surface area contributed by atoms with Crippen LogP contribution in [0.1, 0.15) is 28.2 Å². The molecular weight excluding hydrogens is 254 g/mol. The minimum atomic E-state index is -3.05. The maximum Gasteiger partial charge on any atom is 0.387 e. The van der Waals surface area contributed by atoms with E-state index in [0.29, 0.717) is 6.29 Å². The van der Waals surface area contributed by atoms with Gasteiger partial charge in [0, 0.05) is 11.1 Å². The van der Waals surface area contributed by atoms with E-state index >= 15 is 0 Å². The van der Waals surface area contributed by atoms with E-state index in [2.05, 4.69) is 4.74 Å². The molecule has 0 amide bonds. The monoisotopic (exact) mass is 262 g/mol. The average Bonchev–Trinajstić information content (AvgIpc) is 2.26. The summed E-state index contributed by atoms with van der Waals surface area (Å²) >= 11 is 5.78. The molecule has 3 nitrogen and oxygen atoms in total. The maximum atomic E-state index is 12.2. The van der Waals surface area contributed by atoms with E-state index in [9.17, 15) is 18.4 Å². The summed E-state index contributed by atoms with van der Waals surface area (Å²) in [6.07, 6.45) is 0.436. The van der Waals surface area contributed by atoms with Gasteiger partial charge in [0.1, 0.15) is 11.1 Å². The van der Waals surface area contributed by atoms with Gasteiger partial charge in [-0.25, -0.2) is 0 Å². The number of rotatable bonds is 5. The standard InChI is InChI=1S/C11H9ClF2O3/c1-6(16)10(12)9-7(5-15)3-2-4-8(9)17-11(13)14/h2-5,10-11H,1H3. The summed E-state index contributed by atoms with van der Waals surface area (Å²) in [5, 5.41) is -1.19. The van der Waals surface area contributed by atoms with Gasteiger partial charge in [0.15, 0.2) is 12.1 Å². The number of Topliss-reactive ketones (excluding diaryl/α,β-unsaturated/α-hetero) is 1. The van der Waals surface area contributed by atoms with Crippen molar-refractivity contribution in [2.75, 3.05) is 0 Å². The van der Waals surface area contributed by atoms with Crippen LogP contribution in [0.5, 0.6) is 5.75 Å². The fourth-order valence-corrected chi connectivity index (χ4v) is 1.57. The van der Waals surface area contributed by atoms with Crippen LogP contribution < -0.4 is 4.74 Å². The molecule has 0 aliphatic heterocycles. The molecule has 0 aromatic heterocycles. The molecule has 0 bridgehead atoms. The number of ether oxygens (including phenoxy) is 1. The number of benzene rings is 1. The van der Waals surface area contributed by atoms with Crippen molar-refractivity contribution in [2.45, 2.75) is 18.9 Å². The lowest BCUT2D eigenvalue weighted by Crippen LogP contribution is -2.11. The molecule has 0 spiro atoms. The van der Waals surface area contributed by atoms with Gasteiger partial charge in [0.2, 0.25) is 0 Å². The fourth-order valence-electron chi connectivity index (χ4n) is 1.34. The van der Waals surface area contributed by atoms with Gasteiger partial charge < -0.3 is 4.74 Å². The zero-order valence-corrected chi connectivity index (χ0v) is 9.58. The predicted octanol–water partition coefficient (Wildman–Crippen LogP) is 2.97. The van der Waals surface area contributed by atoms with Crippen LogP contribution in [0.15, 0.2) is 18.2 Å². The molecule has 0 N–H and O–H groups in total. The molecule has 92 valence electrons. The predicted molar refractivity (Wildman–Crippen MR) is 57.7 cm³/mol. The van der Waals surface area contributed by atoms with Gasteiger partial charge in [-0.15, -0.1) is 11.6 Å². The summed E-state index contributed by atoms with van der Waals surface area (Å²) in [7, 11) is 0. The molecule has 0 aliphatic carbocycles. The summed E-state index contributed by atoms with van der Waals surface area (Å²) in [4.78, 5) is 21.9. The lowest BCUT2D eigenvalue weighted by molar-refractivity contribution is -0.116. The summed E-state index contributed by atoms with van der Waals surface area (Å²) in [5.74, 6) is -0.722. The van der Waals surface area contributed by atoms with E-state index in [0.717, 1.165) is 0 Å². The van der Waals surface area contributed by atoms with Crippen LogP contribution in [0.4, 0.5) is 8.78 Å². The second-order valence-corrected chi connectivity index (χ2v) is 3.67. The third-order valence-corrected chi connectivity index (χ3v) is 2.58. The summed E-state index contributed by atoms with van der Waals surface area (Å²) in [5.41, 5.74) is 0.0234. The van der Waals surface area contributed by atoms with E-state index in [-0.39, 0.29) is 16.9 Å². The number of carbonyl (C=O) groups is 2. The van der Waals surface area contributed by atoms with Gasteiger partial charge in [0.25, 0.3) is 0 Å². The number of hydrogen-bond donors (Lipinski definition) is 0. The molecule has 0 fully saturated rings. The molecule has 6 heteroatoms.